The van der Waals surface area contributed by atoms with Crippen LogP contribution in [0.4, 0.5) is 22.7 Å². The summed E-state index contributed by atoms with van der Waals surface area (Å²) in [6.07, 6.45) is 0. The van der Waals surface area contributed by atoms with Gasteiger partial charge in [0.1, 0.15) is 5.66 Å². The van der Waals surface area contributed by atoms with Gasteiger partial charge in [-0.25, -0.2) is 0 Å². The summed E-state index contributed by atoms with van der Waals surface area (Å²) in [6, 6.07) is 35.3. The van der Waals surface area contributed by atoms with Crippen LogP contribution in [0.2, 0.25) is 0 Å². The molecule has 4 aromatic carbocycles. The maximum absolute atomic E-state index is 2.44. The van der Waals surface area contributed by atoms with Crippen molar-refractivity contribution in [2.24, 2.45) is 0 Å². The number of rotatable bonds is 6. The third-order valence-electron chi connectivity index (χ3n) is 6.26. The first-order valence-electron chi connectivity index (χ1n) is 11.6. The van der Waals surface area contributed by atoms with Gasteiger partial charge in [-0.05, 0) is 90.1 Å². The Labute approximate surface area is 199 Å². The lowest BCUT2D eigenvalue weighted by atomic mass is 10.0. The van der Waals surface area contributed by atoms with E-state index in [1.54, 1.807) is 0 Å². The molecule has 4 rings (SSSR count). The Morgan fingerprint density at radius 2 is 0.545 bits per heavy atom. The molecule has 4 aromatic rings. The molecule has 0 saturated heterocycles. The van der Waals surface area contributed by atoms with Crippen LogP contribution in [-0.2, 0) is 0 Å². The van der Waals surface area contributed by atoms with E-state index in [2.05, 4.69) is 148 Å². The van der Waals surface area contributed by atoms with E-state index in [0.717, 1.165) is 0 Å². The highest BCUT2D eigenvalue weighted by Gasteiger charge is 2.36. The third kappa shape index (κ3) is 4.80. The maximum Gasteiger partial charge on any atom is 0.116 e. The van der Waals surface area contributed by atoms with E-state index in [4.69, 9.17) is 0 Å². The molecule has 2 heteroatoms. The topological polar surface area (TPSA) is 6.48 Å². The minimum absolute atomic E-state index is 0.408. The van der Waals surface area contributed by atoms with Crippen molar-refractivity contribution in [3.8, 4) is 0 Å². The smallest absolute Gasteiger partial charge is 0.116 e. The second kappa shape index (κ2) is 9.15. The van der Waals surface area contributed by atoms with E-state index in [9.17, 15) is 0 Å². The van der Waals surface area contributed by atoms with E-state index >= 15 is 0 Å². The van der Waals surface area contributed by atoms with Gasteiger partial charge in [-0.2, -0.15) is 0 Å². The summed E-state index contributed by atoms with van der Waals surface area (Å²) in [4.78, 5) is 4.87. The standard InChI is InChI=1S/C31H34N2/c1-23-7-15-27(16-8-23)32(28-17-9-24(2)10-18-28)31(5,6)33(29-19-11-25(3)12-20-29)30-21-13-26(4)14-22-30/h7-22H,1-6H3. The van der Waals surface area contributed by atoms with Crippen molar-refractivity contribution in [1.29, 1.82) is 0 Å². The summed E-state index contributed by atoms with van der Waals surface area (Å²) in [5.41, 5.74) is 9.29. The summed E-state index contributed by atoms with van der Waals surface area (Å²) in [5, 5.41) is 0. The van der Waals surface area contributed by atoms with E-state index < -0.39 is 5.66 Å². The summed E-state index contributed by atoms with van der Waals surface area (Å²) in [7, 11) is 0. The van der Waals surface area contributed by atoms with Crippen LogP contribution in [0.3, 0.4) is 0 Å². The molecule has 0 bridgehead atoms. The van der Waals surface area contributed by atoms with Gasteiger partial charge >= 0.3 is 0 Å². The first-order chi connectivity index (χ1) is 15.8. The summed E-state index contributed by atoms with van der Waals surface area (Å²) >= 11 is 0. The van der Waals surface area contributed by atoms with Gasteiger partial charge in [0.05, 0.1) is 0 Å². The first-order valence-corrected chi connectivity index (χ1v) is 11.6. The van der Waals surface area contributed by atoms with Crippen molar-refractivity contribution in [3.63, 3.8) is 0 Å². The average molecular weight is 435 g/mol. The normalized spacial score (nSPS) is 11.3. The van der Waals surface area contributed by atoms with E-state index in [1.165, 1.54) is 45.0 Å². The number of hydrogen-bond acceptors (Lipinski definition) is 2. The van der Waals surface area contributed by atoms with Crippen molar-refractivity contribution in [3.05, 3.63) is 119 Å². The molecule has 0 saturated carbocycles. The molecule has 0 aromatic heterocycles. The van der Waals surface area contributed by atoms with Gasteiger partial charge in [0.2, 0.25) is 0 Å². The molecule has 168 valence electrons. The summed E-state index contributed by atoms with van der Waals surface area (Å²) in [6.45, 7) is 13.1. The highest BCUT2D eigenvalue weighted by atomic mass is 15.4. The van der Waals surface area contributed by atoms with Crippen molar-refractivity contribution in [2.45, 2.75) is 47.2 Å². The molecular formula is C31H34N2. The Bertz CT molecular complexity index is 998. The van der Waals surface area contributed by atoms with E-state index in [1.807, 2.05) is 0 Å². The van der Waals surface area contributed by atoms with Gasteiger partial charge in [-0.3, -0.25) is 0 Å². The quantitative estimate of drug-likeness (QED) is 0.280. The van der Waals surface area contributed by atoms with Gasteiger partial charge in [-0.1, -0.05) is 70.8 Å². The first kappa shape index (κ1) is 22.7. The molecule has 33 heavy (non-hydrogen) atoms. The minimum Gasteiger partial charge on any atom is -0.318 e. The average Bonchev–Trinajstić information content (AvgIpc) is 2.79. The number of nitrogens with zero attached hydrogens (tertiary/aromatic N) is 2. The van der Waals surface area contributed by atoms with Gasteiger partial charge < -0.3 is 9.80 Å². The van der Waals surface area contributed by atoms with E-state index in [-0.39, 0.29) is 0 Å². The third-order valence-corrected chi connectivity index (χ3v) is 6.26. The largest absolute Gasteiger partial charge is 0.318 e. The monoisotopic (exact) mass is 434 g/mol. The number of aryl methyl sites for hydroxylation is 4. The molecule has 0 aliphatic rings. The van der Waals surface area contributed by atoms with Crippen LogP contribution in [-0.4, -0.2) is 5.66 Å². The molecule has 0 radical (unpaired) electrons. The van der Waals surface area contributed by atoms with Crippen LogP contribution in [0.1, 0.15) is 36.1 Å². The Kier molecular flexibility index (Phi) is 6.29. The van der Waals surface area contributed by atoms with Crippen LogP contribution in [0.15, 0.2) is 97.1 Å². The van der Waals surface area contributed by atoms with Crippen molar-refractivity contribution >= 4 is 22.7 Å². The van der Waals surface area contributed by atoms with Gasteiger partial charge in [0.15, 0.2) is 0 Å². The predicted molar refractivity (Wildman–Crippen MR) is 143 cm³/mol. The number of hydrogen-bond donors (Lipinski definition) is 0. The highest BCUT2D eigenvalue weighted by molar-refractivity contribution is 5.74. The molecular weight excluding hydrogens is 400 g/mol. The zero-order valence-corrected chi connectivity index (χ0v) is 20.6. The Morgan fingerprint density at radius 3 is 0.727 bits per heavy atom. The molecule has 2 nitrogen and oxygen atoms in total. The molecule has 0 amide bonds. The molecule has 0 spiro atoms. The number of anilines is 4. The van der Waals surface area contributed by atoms with Crippen LogP contribution in [0.5, 0.6) is 0 Å². The molecule has 0 heterocycles. The fraction of sp³-hybridized carbons (Fsp3) is 0.226. The number of benzene rings is 4. The fourth-order valence-electron chi connectivity index (χ4n) is 4.44. The summed E-state index contributed by atoms with van der Waals surface area (Å²) < 4.78 is 0. The van der Waals surface area contributed by atoms with Crippen molar-refractivity contribution in [2.75, 3.05) is 9.80 Å². The molecule has 0 atom stereocenters. The minimum atomic E-state index is -0.408. The van der Waals surface area contributed by atoms with Crippen LogP contribution < -0.4 is 9.80 Å². The fourth-order valence-corrected chi connectivity index (χ4v) is 4.44. The lowest BCUT2D eigenvalue weighted by Crippen LogP contribution is -2.53. The SMILES string of the molecule is Cc1ccc(N(c2ccc(C)cc2)C(C)(C)N(c2ccc(C)cc2)c2ccc(C)cc2)cc1. The molecule has 0 N–H and O–H groups in total. The predicted octanol–water partition coefficient (Wildman–Crippen LogP) is 8.63. The Hall–Kier alpha value is -3.52. The lowest BCUT2D eigenvalue weighted by molar-refractivity contribution is 0.514. The van der Waals surface area contributed by atoms with Crippen LogP contribution in [0.25, 0.3) is 0 Å². The molecule has 0 aliphatic heterocycles. The van der Waals surface area contributed by atoms with Crippen molar-refractivity contribution in [1.82, 2.24) is 0 Å². The van der Waals surface area contributed by atoms with Gasteiger partial charge in [0, 0.05) is 22.7 Å². The molecule has 0 unspecified atom stereocenters. The van der Waals surface area contributed by atoms with Crippen LogP contribution in [0, 0.1) is 27.7 Å². The highest BCUT2D eigenvalue weighted by Crippen LogP contribution is 2.41. The second-order valence-corrected chi connectivity index (χ2v) is 9.51. The van der Waals surface area contributed by atoms with Gasteiger partial charge in [-0.15, -0.1) is 0 Å². The van der Waals surface area contributed by atoms with Crippen molar-refractivity contribution < 1.29 is 0 Å². The lowest BCUT2D eigenvalue weighted by Gasteiger charge is -2.49. The molecule has 0 aliphatic carbocycles. The Balaban J connectivity index is 1.92. The van der Waals surface area contributed by atoms with Crippen LogP contribution >= 0.6 is 0 Å². The van der Waals surface area contributed by atoms with Gasteiger partial charge in [0.25, 0.3) is 0 Å². The summed E-state index contributed by atoms with van der Waals surface area (Å²) in [5.74, 6) is 0. The zero-order valence-electron chi connectivity index (χ0n) is 20.6. The second-order valence-electron chi connectivity index (χ2n) is 9.51. The van der Waals surface area contributed by atoms with E-state index in [0.29, 0.717) is 0 Å². The Morgan fingerprint density at radius 1 is 0.364 bits per heavy atom. The zero-order chi connectivity index (χ0) is 23.6. The maximum atomic E-state index is 2.44. The molecule has 0 fully saturated rings.